The first-order valence-corrected chi connectivity index (χ1v) is 5.75. The van der Waals surface area contributed by atoms with E-state index in [1.165, 1.54) is 18.5 Å². The Morgan fingerprint density at radius 3 is 2.87 bits per heavy atom. The first kappa shape index (κ1) is 9.36. The molecule has 2 heterocycles. The van der Waals surface area contributed by atoms with E-state index in [0.29, 0.717) is 12.1 Å². The normalized spacial score (nSPS) is 32.4. The van der Waals surface area contributed by atoms with Gasteiger partial charge in [0.1, 0.15) is 0 Å². The van der Waals surface area contributed by atoms with E-state index in [1.54, 1.807) is 0 Å². The summed E-state index contributed by atoms with van der Waals surface area (Å²) in [5.41, 5.74) is 7.38. The lowest BCUT2D eigenvalue weighted by Crippen LogP contribution is -2.29. The summed E-state index contributed by atoms with van der Waals surface area (Å²) in [4.78, 5) is 2.57. The average molecular weight is 206 g/mol. The molecule has 0 radical (unpaired) electrons. The van der Waals surface area contributed by atoms with Crippen molar-refractivity contribution in [3.05, 3.63) is 18.0 Å². The molecule has 2 unspecified atom stereocenters. The Morgan fingerprint density at radius 2 is 2.27 bits per heavy atom. The zero-order valence-electron chi connectivity index (χ0n) is 9.13. The first-order chi connectivity index (χ1) is 7.25. The third kappa shape index (κ3) is 1.58. The van der Waals surface area contributed by atoms with Crippen LogP contribution in [0.3, 0.4) is 0 Å². The highest BCUT2D eigenvalue weighted by Gasteiger charge is 2.41. The fraction of sp³-hybridized carbons (Fsp3) is 0.727. The molecule has 2 fully saturated rings. The van der Waals surface area contributed by atoms with Gasteiger partial charge in [-0.3, -0.25) is 9.58 Å². The Hall–Kier alpha value is -0.870. The van der Waals surface area contributed by atoms with Crippen LogP contribution >= 0.6 is 0 Å². The highest BCUT2D eigenvalue weighted by atomic mass is 15.3. The predicted molar refractivity (Wildman–Crippen MR) is 58.3 cm³/mol. The van der Waals surface area contributed by atoms with Crippen LogP contribution in [-0.4, -0.2) is 33.3 Å². The Kier molecular flexibility index (Phi) is 2.07. The molecule has 4 nitrogen and oxygen atoms in total. The van der Waals surface area contributed by atoms with Crippen molar-refractivity contribution >= 4 is 0 Å². The van der Waals surface area contributed by atoms with E-state index in [1.807, 2.05) is 17.9 Å². The molecule has 1 aromatic rings. The Labute approximate surface area is 90.0 Å². The molecule has 82 valence electrons. The van der Waals surface area contributed by atoms with Gasteiger partial charge in [-0.05, 0) is 25.3 Å². The molecule has 1 aromatic heterocycles. The fourth-order valence-electron chi connectivity index (χ4n) is 2.71. The van der Waals surface area contributed by atoms with Crippen molar-refractivity contribution in [1.82, 2.24) is 14.7 Å². The minimum Gasteiger partial charge on any atom is -0.326 e. The topological polar surface area (TPSA) is 47.1 Å². The van der Waals surface area contributed by atoms with E-state index in [-0.39, 0.29) is 0 Å². The van der Waals surface area contributed by atoms with Crippen molar-refractivity contribution in [2.45, 2.75) is 37.4 Å². The van der Waals surface area contributed by atoms with E-state index in [2.05, 4.69) is 16.1 Å². The standard InChI is InChI=1S/C11H18N4/c1-14-10(4-5-13-14)11-6-8(12)7-15(11)9-2-3-9/h4-5,8-9,11H,2-3,6-7,12H2,1H3. The summed E-state index contributed by atoms with van der Waals surface area (Å²) >= 11 is 0. The lowest BCUT2D eigenvalue weighted by molar-refractivity contribution is 0.236. The second-order valence-corrected chi connectivity index (χ2v) is 4.82. The van der Waals surface area contributed by atoms with Crippen molar-refractivity contribution < 1.29 is 0 Å². The molecule has 2 N–H and O–H groups in total. The number of nitrogens with two attached hydrogens (primary N) is 1. The van der Waals surface area contributed by atoms with Crippen molar-refractivity contribution in [1.29, 1.82) is 0 Å². The van der Waals surface area contributed by atoms with Gasteiger partial charge in [-0.1, -0.05) is 0 Å². The van der Waals surface area contributed by atoms with Gasteiger partial charge in [-0.15, -0.1) is 0 Å². The molecule has 0 spiro atoms. The van der Waals surface area contributed by atoms with Gasteiger partial charge in [-0.25, -0.2) is 0 Å². The second-order valence-electron chi connectivity index (χ2n) is 4.82. The summed E-state index contributed by atoms with van der Waals surface area (Å²) in [5.74, 6) is 0. The lowest BCUT2D eigenvalue weighted by atomic mass is 10.1. The summed E-state index contributed by atoms with van der Waals surface area (Å²) in [6, 6.07) is 3.75. The molecule has 1 aliphatic carbocycles. The molecule has 2 atom stereocenters. The van der Waals surface area contributed by atoms with Crippen LogP contribution in [0.2, 0.25) is 0 Å². The van der Waals surface area contributed by atoms with Crippen LogP contribution < -0.4 is 5.73 Å². The number of rotatable bonds is 2. The molecule has 0 amide bonds. The highest BCUT2D eigenvalue weighted by Crippen LogP contribution is 2.40. The SMILES string of the molecule is Cn1nccc1C1CC(N)CN1C1CC1. The highest BCUT2D eigenvalue weighted by molar-refractivity contribution is 5.12. The third-order valence-corrected chi connectivity index (χ3v) is 3.59. The zero-order chi connectivity index (χ0) is 10.4. The van der Waals surface area contributed by atoms with Gasteiger partial charge in [0.15, 0.2) is 0 Å². The molecule has 4 heteroatoms. The number of likely N-dealkylation sites (tertiary alicyclic amines) is 1. The largest absolute Gasteiger partial charge is 0.326 e. The van der Waals surface area contributed by atoms with Crippen molar-refractivity contribution in [2.24, 2.45) is 12.8 Å². The van der Waals surface area contributed by atoms with Crippen LogP contribution in [0.1, 0.15) is 31.0 Å². The van der Waals surface area contributed by atoms with E-state index in [0.717, 1.165) is 19.0 Å². The number of aromatic nitrogens is 2. The monoisotopic (exact) mass is 206 g/mol. The molecule has 1 saturated heterocycles. The van der Waals surface area contributed by atoms with Gasteiger partial charge in [0.05, 0.1) is 11.7 Å². The van der Waals surface area contributed by atoms with E-state index in [9.17, 15) is 0 Å². The van der Waals surface area contributed by atoms with Gasteiger partial charge < -0.3 is 5.73 Å². The number of nitrogens with zero attached hydrogens (tertiary/aromatic N) is 3. The van der Waals surface area contributed by atoms with Gasteiger partial charge in [0.2, 0.25) is 0 Å². The van der Waals surface area contributed by atoms with E-state index in [4.69, 9.17) is 5.73 Å². The Bertz CT molecular complexity index is 355. The molecule has 1 aliphatic heterocycles. The summed E-state index contributed by atoms with van der Waals surface area (Å²) in [5, 5.41) is 4.25. The molecule has 0 bridgehead atoms. The number of hydrogen-bond donors (Lipinski definition) is 1. The van der Waals surface area contributed by atoms with Crippen molar-refractivity contribution in [3.8, 4) is 0 Å². The molecular formula is C11H18N4. The predicted octanol–water partition coefficient (Wildman–Crippen LogP) is 0.657. The summed E-state index contributed by atoms with van der Waals surface area (Å²) in [7, 11) is 2.02. The molecule has 1 saturated carbocycles. The van der Waals surface area contributed by atoms with Crippen molar-refractivity contribution in [2.75, 3.05) is 6.54 Å². The van der Waals surface area contributed by atoms with Gasteiger partial charge in [0, 0.05) is 31.9 Å². The minimum atomic E-state index is 0.338. The van der Waals surface area contributed by atoms with Crippen LogP contribution in [0.4, 0.5) is 0 Å². The maximum Gasteiger partial charge on any atom is 0.0553 e. The van der Waals surface area contributed by atoms with Crippen LogP contribution in [-0.2, 0) is 7.05 Å². The third-order valence-electron chi connectivity index (χ3n) is 3.59. The van der Waals surface area contributed by atoms with E-state index < -0.39 is 0 Å². The fourth-order valence-corrected chi connectivity index (χ4v) is 2.71. The quantitative estimate of drug-likeness (QED) is 0.773. The maximum atomic E-state index is 6.07. The molecule has 0 aromatic carbocycles. The van der Waals surface area contributed by atoms with Gasteiger partial charge in [0.25, 0.3) is 0 Å². The van der Waals surface area contributed by atoms with Crippen LogP contribution in [0.15, 0.2) is 12.3 Å². The van der Waals surface area contributed by atoms with Crippen LogP contribution in [0.5, 0.6) is 0 Å². The van der Waals surface area contributed by atoms with Crippen LogP contribution in [0.25, 0.3) is 0 Å². The van der Waals surface area contributed by atoms with Crippen LogP contribution in [0, 0.1) is 0 Å². The summed E-state index contributed by atoms with van der Waals surface area (Å²) in [6.45, 7) is 1.06. The second kappa shape index (κ2) is 3.32. The number of aryl methyl sites for hydroxylation is 1. The van der Waals surface area contributed by atoms with Gasteiger partial charge in [-0.2, -0.15) is 5.10 Å². The van der Waals surface area contributed by atoms with E-state index >= 15 is 0 Å². The molecular weight excluding hydrogens is 188 g/mol. The number of hydrogen-bond acceptors (Lipinski definition) is 3. The Balaban J connectivity index is 1.87. The van der Waals surface area contributed by atoms with Crippen molar-refractivity contribution in [3.63, 3.8) is 0 Å². The maximum absolute atomic E-state index is 6.07. The smallest absolute Gasteiger partial charge is 0.0553 e. The lowest BCUT2D eigenvalue weighted by Gasteiger charge is -2.23. The summed E-state index contributed by atoms with van der Waals surface area (Å²) < 4.78 is 1.98. The van der Waals surface area contributed by atoms with Gasteiger partial charge >= 0.3 is 0 Å². The molecule has 15 heavy (non-hydrogen) atoms. The molecule has 2 aliphatic rings. The average Bonchev–Trinajstić information content (AvgIpc) is 2.86. The molecule has 3 rings (SSSR count). The first-order valence-electron chi connectivity index (χ1n) is 5.75. The zero-order valence-corrected chi connectivity index (χ0v) is 9.13. The Morgan fingerprint density at radius 1 is 1.47 bits per heavy atom. The summed E-state index contributed by atoms with van der Waals surface area (Å²) in [6.07, 6.45) is 5.66. The minimum absolute atomic E-state index is 0.338.